The van der Waals surface area contributed by atoms with Crippen LogP contribution in [0.1, 0.15) is 37.7 Å². The molecule has 1 N–H and O–H groups in total. The van der Waals surface area contributed by atoms with Gasteiger partial charge >= 0.3 is 0 Å². The predicted octanol–water partition coefficient (Wildman–Crippen LogP) is 3.01. The molecule has 1 unspecified atom stereocenters. The predicted molar refractivity (Wildman–Crippen MR) is 83.8 cm³/mol. The Morgan fingerprint density at radius 2 is 2.14 bits per heavy atom. The molecule has 1 aliphatic heterocycles. The van der Waals surface area contributed by atoms with Gasteiger partial charge in [-0.15, -0.1) is 0 Å². The number of hydrogen-bond acceptors (Lipinski definition) is 4. The highest BCUT2D eigenvalue weighted by Crippen LogP contribution is 2.35. The number of piperidine rings is 1. The van der Waals surface area contributed by atoms with E-state index in [-0.39, 0.29) is 10.6 Å². The Kier molecular flexibility index (Phi) is 4.10. The van der Waals surface area contributed by atoms with Gasteiger partial charge in [-0.1, -0.05) is 12.5 Å². The number of aryl methyl sites for hydroxylation is 1. The minimum atomic E-state index is -0.299. The molecule has 0 radical (unpaired) electrons. The highest BCUT2D eigenvalue weighted by Gasteiger charge is 2.32. The maximum absolute atomic E-state index is 11.0. The number of non-ortho nitro benzene ring substituents is 1. The van der Waals surface area contributed by atoms with E-state index in [1.165, 1.54) is 32.1 Å². The Morgan fingerprint density at radius 3 is 2.76 bits per heavy atom. The van der Waals surface area contributed by atoms with Crippen molar-refractivity contribution in [2.24, 2.45) is 0 Å². The fourth-order valence-electron chi connectivity index (χ4n) is 3.17. The summed E-state index contributed by atoms with van der Waals surface area (Å²) >= 11 is 0. The molecule has 1 heterocycles. The molecule has 5 heteroatoms. The van der Waals surface area contributed by atoms with Crippen LogP contribution in [-0.4, -0.2) is 30.1 Å². The Bertz CT molecular complexity index is 522. The van der Waals surface area contributed by atoms with E-state index in [2.05, 4.69) is 10.2 Å². The van der Waals surface area contributed by atoms with Crippen molar-refractivity contribution in [3.8, 4) is 0 Å². The SMILES string of the molecule is Cc1ccc([N+](=O)[O-])cc1N(CC1CCCCN1)C1CC1. The molecule has 21 heavy (non-hydrogen) atoms. The molecule has 5 nitrogen and oxygen atoms in total. The summed E-state index contributed by atoms with van der Waals surface area (Å²) in [4.78, 5) is 13.1. The van der Waals surface area contributed by atoms with Crippen LogP contribution in [0, 0.1) is 17.0 Å². The molecule has 1 aliphatic carbocycles. The molecule has 1 aromatic carbocycles. The van der Waals surface area contributed by atoms with E-state index in [1.54, 1.807) is 12.1 Å². The van der Waals surface area contributed by atoms with E-state index in [4.69, 9.17) is 0 Å². The smallest absolute Gasteiger partial charge is 0.271 e. The third-order valence-electron chi connectivity index (χ3n) is 4.53. The van der Waals surface area contributed by atoms with Gasteiger partial charge in [0.05, 0.1) is 4.92 Å². The number of nitrogens with zero attached hydrogens (tertiary/aromatic N) is 2. The highest BCUT2D eigenvalue weighted by atomic mass is 16.6. The second-order valence-corrected chi connectivity index (χ2v) is 6.26. The van der Waals surface area contributed by atoms with Crippen molar-refractivity contribution in [3.63, 3.8) is 0 Å². The molecule has 0 amide bonds. The first-order valence-electron chi connectivity index (χ1n) is 7.90. The summed E-state index contributed by atoms with van der Waals surface area (Å²) in [5, 5.41) is 14.6. The lowest BCUT2D eigenvalue weighted by Crippen LogP contribution is -2.44. The second kappa shape index (κ2) is 6.02. The fraction of sp³-hybridized carbons (Fsp3) is 0.625. The number of anilines is 1. The van der Waals surface area contributed by atoms with E-state index in [9.17, 15) is 10.1 Å². The van der Waals surface area contributed by atoms with Gasteiger partial charge in [-0.3, -0.25) is 10.1 Å². The average Bonchev–Trinajstić information content (AvgIpc) is 3.31. The van der Waals surface area contributed by atoms with Crippen molar-refractivity contribution in [3.05, 3.63) is 33.9 Å². The van der Waals surface area contributed by atoms with Crippen LogP contribution in [0.3, 0.4) is 0 Å². The van der Waals surface area contributed by atoms with Gasteiger partial charge in [0, 0.05) is 36.4 Å². The lowest BCUT2D eigenvalue weighted by molar-refractivity contribution is -0.384. The number of nitro benzene ring substituents is 1. The number of nitro groups is 1. The summed E-state index contributed by atoms with van der Waals surface area (Å²) < 4.78 is 0. The molecule has 0 bridgehead atoms. The highest BCUT2D eigenvalue weighted by molar-refractivity contribution is 5.60. The maximum Gasteiger partial charge on any atom is 0.271 e. The van der Waals surface area contributed by atoms with Crippen molar-refractivity contribution in [2.75, 3.05) is 18.0 Å². The third-order valence-corrected chi connectivity index (χ3v) is 4.53. The van der Waals surface area contributed by atoms with Crippen LogP contribution in [0.5, 0.6) is 0 Å². The maximum atomic E-state index is 11.0. The van der Waals surface area contributed by atoms with E-state index < -0.39 is 0 Å². The van der Waals surface area contributed by atoms with E-state index in [0.29, 0.717) is 12.1 Å². The van der Waals surface area contributed by atoms with Gasteiger partial charge in [0.25, 0.3) is 5.69 Å². The summed E-state index contributed by atoms with van der Waals surface area (Å²) in [5.74, 6) is 0. The van der Waals surface area contributed by atoms with Gasteiger partial charge in [0.2, 0.25) is 0 Å². The lowest BCUT2D eigenvalue weighted by Gasteiger charge is -2.33. The zero-order chi connectivity index (χ0) is 14.8. The minimum absolute atomic E-state index is 0.192. The molecular formula is C16H23N3O2. The monoisotopic (exact) mass is 289 g/mol. The summed E-state index contributed by atoms with van der Waals surface area (Å²) in [5.41, 5.74) is 2.36. The number of nitrogens with one attached hydrogen (secondary N) is 1. The standard InChI is InChI=1S/C16H23N3O2/c1-12-5-6-15(19(20)21)10-16(12)18(14-7-8-14)11-13-4-2-3-9-17-13/h5-6,10,13-14,17H,2-4,7-9,11H2,1H3. The topological polar surface area (TPSA) is 58.4 Å². The quantitative estimate of drug-likeness (QED) is 0.668. The van der Waals surface area contributed by atoms with Crippen molar-refractivity contribution >= 4 is 11.4 Å². The Labute approximate surface area is 125 Å². The van der Waals surface area contributed by atoms with E-state index >= 15 is 0 Å². The van der Waals surface area contributed by atoms with E-state index in [0.717, 1.165) is 24.3 Å². The molecule has 0 aromatic heterocycles. The molecule has 0 spiro atoms. The summed E-state index contributed by atoms with van der Waals surface area (Å²) in [6.45, 7) is 4.10. The molecule has 1 saturated heterocycles. The number of rotatable bonds is 5. The van der Waals surface area contributed by atoms with Crippen LogP contribution in [0.25, 0.3) is 0 Å². The van der Waals surface area contributed by atoms with Crippen molar-refractivity contribution in [1.82, 2.24) is 5.32 Å². The molecule has 1 atom stereocenters. The van der Waals surface area contributed by atoms with Crippen LogP contribution in [0.15, 0.2) is 18.2 Å². The molecular weight excluding hydrogens is 266 g/mol. The summed E-state index contributed by atoms with van der Waals surface area (Å²) in [6, 6.07) is 6.29. The molecule has 114 valence electrons. The van der Waals surface area contributed by atoms with Gasteiger partial charge in [-0.2, -0.15) is 0 Å². The van der Waals surface area contributed by atoms with Gasteiger partial charge < -0.3 is 10.2 Å². The zero-order valence-corrected chi connectivity index (χ0v) is 12.5. The molecule has 1 aromatic rings. The summed E-state index contributed by atoms with van der Waals surface area (Å²) in [7, 11) is 0. The molecule has 3 rings (SSSR count). The Balaban J connectivity index is 1.82. The number of hydrogen-bond donors (Lipinski definition) is 1. The normalized spacial score (nSPS) is 22.0. The van der Waals surface area contributed by atoms with Crippen molar-refractivity contribution < 1.29 is 4.92 Å². The molecule has 1 saturated carbocycles. The van der Waals surface area contributed by atoms with Crippen LogP contribution in [0.4, 0.5) is 11.4 Å². The van der Waals surface area contributed by atoms with Gasteiger partial charge in [0.1, 0.15) is 0 Å². The van der Waals surface area contributed by atoms with Crippen LogP contribution >= 0.6 is 0 Å². The Hall–Kier alpha value is -1.62. The van der Waals surface area contributed by atoms with Gasteiger partial charge in [0.15, 0.2) is 0 Å². The fourth-order valence-corrected chi connectivity index (χ4v) is 3.17. The first-order valence-corrected chi connectivity index (χ1v) is 7.90. The largest absolute Gasteiger partial charge is 0.367 e. The van der Waals surface area contributed by atoms with Crippen molar-refractivity contribution in [2.45, 2.75) is 51.1 Å². The number of benzene rings is 1. The molecule has 2 fully saturated rings. The van der Waals surface area contributed by atoms with Gasteiger partial charge in [-0.05, 0) is 44.7 Å². The minimum Gasteiger partial charge on any atom is -0.367 e. The molecule has 2 aliphatic rings. The van der Waals surface area contributed by atoms with Crippen LogP contribution in [-0.2, 0) is 0 Å². The van der Waals surface area contributed by atoms with Gasteiger partial charge in [-0.25, -0.2) is 0 Å². The first kappa shape index (κ1) is 14.3. The van der Waals surface area contributed by atoms with Crippen LogP contribution < -0.4 is 10.2 Å². The lowest BCUT2D eigenvalue weighted by atomic mass is 10.0. The van der Waals surface area contributed by atoms with Crippen LogP contribution in [0.2, 0.25) is 0 Å². The second-order valence-electron chi connectivity index (χ2n) is 6.26. The first-order chi connectivity index (χ1) is 10.1. The van der Waals surface area contributed by atoms with Crippen molar-refractivity contribution in [1.29, 1.82) is 0 Å². The van der Waals surface area contributed by atoms with E-state index in [1.807, 2.05) is 13.0 Å². The Morgan fingerprint density at radius 1 is 1.33 bits per heavy atom. The third kappa shape index (κ3) is 3.35. The zero-order valence-electron chi connectivity index (χ0n) is 12.5. The summed E-state index contributed by atoms with van der Waals surface area (Å²) in [6.07, 6.45) is 6.15. The average molecular weight is 289 g/mol.